The maximum absolute atomic E-state index is 11.8. The Morgan fingerprint density at radius 3 is 1.88 bits per heavy atom. The fourth-order valence-electron chi connectivity index (χ4n) is 1.51. The first-order valence-electron chi connectivity index (χ1n) is 6.09. The number of Topliss-reactive ketones (excluding diaryl/α,β-unsaturated/α-hetero) is 2. The Morgan fingerprint density at radius 2 is 1.53 bits per heavy atom. The highest BCUT2D eigenvalue weighted by molar-refractivity contribution is 5.90. The van der Waals surface area contributed by atoms with Crippen LogP contribution in [-0.2, 0) is 14.4 Å². The molecule has 4 nitrogen and oxygen atoms in total. The molecule has 0 aliphatic carbocycles. The van der Waals surface area contributed by atoms with Gasteiger partial charge >= 0.3 is 0 Å². The van der Waals surface area contributed by atoms with E-state index in [9.17, 15) is 14.4 Å². The molecule has 0 rings (SSSR count). The van der Waals surface area contributed by atoms with E-state index >= 15 is 0 Å². The number of hydrogen-bond acceptors (Lipinski definition) is 3. The van der Waals surface area contributed by atoms with Crippen LogP contribution in [0.25, 0.3) is 0 Å². The fraction of sp³-hybridized carbons (Fsp3) is 0.769. The van der Waals surface area contributed by atoms with Crippen molar-refractivity contribution >= 4 is 17.5 Å². The van der Waals surface area contributed by atoms with Crippen molar-refractivity contribution in [2.75, 3.05) is 0 Å². The van der Waals surface area contributed by atoms with Crippen molar-refractivity contribution in [3.8, 4) is 0 Å². The van der Waals surface area contributed by atoms with Crippen LogP contribution < -0.4 is 5.32 Å². The summed E-state index contributed by atoms with van der Waals surface area (Å²) in [6.45, 7) is 8.63. The lowest BCUT2D eigenvalue weighted by atomic mass is 9.95. The number of hydrogen-bond donors (Lipinski definition) is 1. The average Bonchev–Trinajstić information content (AvgIpc) is 2.21. The second kappa shape index (κ2) is 7.20. The van der Waals surface area contributed by atoms with Crippen LogP contribution in [0.4, 0.5) is 0 Å². The van der Waals surface area contributed by atoms with E-state index in [-0.39, 0.29) is 29.3 Å². The molecule has 0 aromatic carbocycles. The van der Waals surface area contributed by atoms with E-state index in [1.54, 1.807) is 13.8 Å². The third kappa shape index (κ3) is 6.19. The first-order chi connectivity index (χ1) is 7.75. The van der Waals surface area contributed by atoms with Crippen LogP contribution >= 0.6 is 0 Å². The predicted octanol–water partition coefficient (Wildman–Crippen LogP) is 1.72. The number of nitrogens with one attached hydrogen (secondary N) is 1. The second-order valence-corrected chi connectivity index (χ2v) is 4.97. The van der Waals surface area contributed by atoms with Crippen molar-refractivity contribution in [1.29, 1.82) is 0 Å². The van der Waals surface area contributed by atoms with Gasteiger partial charge in [0.1, 0.15) is 5.78 Å². The summed E-state index contributed by atoms with van der Waals surface area (Å²) in [5, 5.41) is 2.61. The second-order valence-electron chi connectivity index (χ2n) is 4.97. The van der Waals surface area contributed by atoms with Crippen LogP contribution in [-0.4, -0.2) is 23.5 Å². The summed E-state index contributed by atoms with van der Waals surface area (Å²) in [6, 6.07) is -0.532. The molecule has 1 N–H and O–H groups in total. The highest BCUT2D eigenvalue weighted by Crippen LogP contribution is 2.09. The Labute approximate surface area is 103 Å². The van der Waals surface area contributed by atoms with Crippen molar-refractivity contribution in [2.45, 2.75) is 53.5 Å². The van der Waals surface area contributed by atoms with E-state index in [4.69, 9.17) is 0 Å². The first-order valence-corrected chi connectivity index (χ1v) is 6.09. The van der Waals surface area contributed by atoms with Crippen LogP contribution in [0.2, 0.25) is 0 Å². The van der Waals surface area contributed by atoms with Crippen molar-refractivity contribution in [2.24, 2.45) is 11.8 Å². The molecule has 0 aliphatic rings. The fourth-order valence-corrected chi connectivity index (χ4v) is 1.51. The molecule has 0 heterocycles. The molecule has 0 saturated heterocycles. The standard InChI is InChI=1S/C13H23NO3/c1-8(2)12(16)7-6-11(14-10(5)15)13(17)9(3)4/h8-9,11H,6-7H2,1-5H3,(H,14,15)/t11-/m0/s1. The van der Waals surface area contributed by atoms with E-state index in [0.717, 1.165) is 0 Å². The maximum Gasteiger partial charge on any atom is 0.217 e. The van der Waals surface area contributed by atoms with Crippen LogP contribution in [0.3, 0.4) is 0 Å². The van der Waals surface area contributed by atoms with Crippen LogP contribution in [0, 0.1) is 11.8 Å². The van der Waals surface area contributed by atoms with E-state index in [2.05, 4.69) is 5.32 Å². The minimum Gasteiger partial charge on any atom is -0.347 e. The minimum atomic E-state index is -0.532. The summed E-state index contributed by atoms with van der Waals surface area (Å²) in [4.78, 5) is 34.3. The van der Waals surface area contributed by atoms with E-state index in [1.165, 1.54) is 6.92 Å². The minimum absolute atomic E-state index is 0.0169. The topological polar surface area (TPSA) is 63.2 Å². The van der Waals surface area contributed by atoms with Crippen LogP contribution in [0.1, 0.15) is 47.5 Å². The van der Waals surface area contributed by atoms with Crippen molar-refractivity contribution in [3.05, 3.63) is 0 Å². The third-order valence-corrected chi connectivity index (χ3v) is 2.61. The molecule has 17 heavy (non-hydrogen) atoms. The van der Waals surface area contributed by atoms with E-state index in [1.807, 2.05) is 13.8 Å². The summed E-state index contributed by atoms with van der Waals surface area (Å²) < 4.78 is 0. The first kappa shape index (κ1) is 15.8. The molecule has 0 fully saturated rings. The highest BCUT2D eigenvalue weighted by atomic mass is 16.2. The predicted molar refractivity (Wildman–Crippen MR) is 66.5 cm³/mol. The van der Waals surface area contributed by atoms with Gasteiger partial charge in [0.05, 0.1) is 6.04 Å². The normalized spacial score (nSPS) is 12.6. The van der Waals surface area contributed by atoms with Gasteiger partial charge in [-0.1, -0.05) is 27.7 Å². The van der Waals surface area contributed by atoms with Gasteiger partial charge in [-0.25, -0.2) is 0 Å². The molecule has 0 unspecified atom stereocenters. The van der Waals surface area contributed by atoms with Gasteiger partial charge in [-0.2, -0.15) is 0 Å². The zero-order valence-electron chi connectivity index (χ0n) is 11.4. The zero-order valence-corrected chi connectivity index (χ0v) is 11.4. The quantitative estimate of drug-likeness (QED) is 0.738. The van der Waals surface area contributed by atoms with Gasteiger partial charge in [0, 0.05) is 25.2 Å². The molecular weight excluding hydrogens is 218 g/mol. The highest BCUT2D eigenvalue weighted by Gasteiger charge is 2.23. The maximum atomic E-state index is 11.8. The number of carbonyl (C=O) groups is 3. The summed E-state index contributed by atoms with van der Waals surface area (Å²) in [5.74, 6) is -0.294. The summed E-state index contributed by atoms with van der Waals surface area (Å²) in [7, 11) is 0. The van der Waals surface area contributed by atoms with Crippen molar-refractivity contribution in [3.63, 3.8) is 0 Å². The number of amides is 1. The summed E-state index contributed by atoms with van der Waals surface area (Å²) in [6.07, 6.45) is 0.731. The molecule has 1 amide bonds. The third-order valence-electron chi connectivity index (χ3n) is 2.61. The SMILES string of the molecule is CC(=O)N[C@@H](CCC(=O)C(C)C)C(=O)C(C)C. The molecule has 0 saturated carbocycles. The van der Waals surface area contributed by atoms with Gasteiger partial charge in [-0.05, 0) is 6.42 Å². The Balaban J connectivity index is 4.45. The molecule has 0 bridgehead atoms. The molecule has 0 aromatic heterocycles. The lowest BCUT2D eigenvalue weighted by Gasteiger charge is -2.18. The van der Waals surface area contributed by atoms with E-state index in [0.29, 0.717) is 12.8 Å². The average molecular weight is 241 g/mol. The van der Waals surface area contributed by atoms with Crippen molar-refractivity contribution < 1.29 is 14.4 Å². The molecule has 98 valence electrons. The number of carbonyl (C=O) groups excluding carboxylic acids is 3. The zero-order chi connectivity index (χ0) is 13.6. The monoisotopic (exact) mass is 241 g/mol. The Bertz CT molecular complexity index is 295. The lowest BCUT2D eigenvalue weighted by Crippen LogP contribution is -2.42. The van der Waals surface area contributed by atoms with Gasteiger partial charge in [-0.3, -0.25) is 14.4 Å². The lowest BCUT2D eigenvalue weighted by molar-refractivity contribution is -0.129. The Kier molecular flexibility index (Phi) is 6.69. The van der Waals surface area contributed by atoms with Crippen LogP contribution in [0.5, 0.6) is 0 Å². The molecule has 0 aliphatic heterocycles. The van der Waals surface area contributed by atoms with Gasteiger partial charge in [0.15, 0.2) is 5.78 Å². The molecule has 0 radical (unpaired) electrons. The molecular formula is C13H23NO3. The molecule has 1 atom stereocenters. The Hall–Kier alpha value is -1.19. The molecule has 0 spiro atoms. The van der Waals surface area contributed by atoms with Gasteiger partial charge in [0.25, 0.3) is 0 Å². The van der Waals surface area contributed by atoms with Crippen molar-refractivity contribution in [1.82, 2.24) is 5.32 Å². The smallest absolute Gasteiger partial charge is 0.217 e. The largest absolute Gasteiger partial charge is 0.347 e. The summed E-state index contributed by atoms with van der Waals surface area (Å²) >= 11 is 0. The van der Waals surface area contributed by atoms with Gasteiger partial charge in [0.2, 0.25) is 5.91 Å². The number of rotatable bonds is 7. The van der Waals surface area contributed by atoms with E-state index < -0.39 is 6.04 Å². The molecule has 4 heteroatoms. The van der Waals surface area contributed by atoms with Gasteiger partial charge in [-0.15, -0.1) is 0 Å². The Morgan fingerprint density at radius 1 is 1.00 bits per heavy atom. The molecule has 0 aromatic rings. The summed E-state index contributed by atoms with van der Waals surface area (Å²) in [5.41, 5.74) is 0. The van der Waals surface area contributed by atoms with Gasteiger partial charge < -0.3 is 5.32 Å². The van der Waals surface area contributed by atoms with Crippen LogP contribution in [0.15, 0.2) is 0 Å². The number of ketones is 2.